The molecule has 0 spiro atoms. The molecule has 0 amide bonds. The number of nitrogens with zero attached hydrogens (tertiary/aromatic N) is 1. The molecular weight excluding hydrogens is 208 g/mol. The number of thiazole rings is 1. The van der Waals surface area contributed by atoms with Gasteiger partial charge in [0.2, 0.25) is 0 Å². The Bertz CT molecular complexity index is 319. The second-order valence-electron chi connectivity index (χ2n) is 4.39. The van der Waals surface area contributed by atoms with E-state index >= 15 is 0 Å². The van der Waals surface area contributed by atoms with E-state index in [9.17, 15) is 5.11 Å². The van der Waals surface area contributed by atoms with Gasteiger partial charge in [-0.15, -0.1) is 11.3 Å². The summed E-state index contributed by atoms with van der Waals surface area (Å²) < 4.78 is 0. The summed E-state index contributed by atoms with van der Waals surface area (Å²) in [4.78, 5) is 5.77. The van der Waals surface area contributed by atoms with Crippen molar-refractivity contribution in [3.05, 3.63) is 15.6 Å². The monoisotopic (exact) mass is 226 g/mol. The van der Waals surface area contributed by atoms with E-state index in [2.05, 4.69) is 17.2 Å². The lowest BCUT2D eigenvalue weighted by molar-refractivity contribution is 0.0872. The third kappa shape index (κ3) is 2.22. The minimum absolute atomic E-state index is 0.00647. The quantitative estimate of drug-likeness (QED) is 0.822. The number of aliphatic hydroxyl groups excluding tert-OH is 1. The van der Waals surface area contributed by atoms with Crippen molar-refractivity contribution in [1.29, 1.82) is 0 Å². The lowest BCUT2D eigenvalue weighted by atomic mass is 9.77. The number of hydrogen-bond donors (Lipinski definition) is 2. The van der Waals surface area contributed by atoms with Gasteiger partial charge in [0.25, 0.3) is 0 Å². The maximum Gasteiger partial charge on any atom is 0.107 e. The first-order chi connectivity index (χ1) is 7.15. The predicted molar refractivity (Wildman–Crippen MR) is 62.1 cm³/mol. The smallest absolute Gasteiger partial charge is 0.107 e. The van der Waals surface area contributed by atoms with Gasteiger partial charge in [0.05, 0.1) is 12.3 Å². The van der Waals surface area contributed by atoms with Crippen LogP contribution in [0.3, 0.4) is 0 Å². The van der Waals surface area contributed by atoms with Crippen LogP contribution < -0.4 is 5.32 Å². The molecule has 2 N–H and O–H groups in total. The van der Waals surface area contributed by atoms with Crippen molar-refractivity contribution < 1.29 is 5.11 Å². The normalized spacial score (nSPS) is 18.9. The van der Waals surface area contributed by atoms with Gasteiger partial charge in [-0.05, 0) is 33.1 Å². The Morgan fingerprint density at radius 1 is 1.47 bits per heavy atom. The van der Waals surface area contributed by atoms with Gasteiger partial charge in [0.15, 0.2) is 0 Å². The fourth-order valence-corrected chi connectivity index (χ4v) is 2.75. The summed E-state index contributed by atoms with van der Waals surface area (Å²) in [6.07, 6.45) is 3.41. The van der Waals surface area contributed by atoms with Crippen LogP contribution in [-0.2, 0) is 6.54 Å². The number of aliphatic hydroxyl groups is 1. The molecule has 1 aromatic rings. The molecule has 1 aromatic heterocycles. The van der Waals surface area contributed by atoms with Crippen molar-refractivity contribution >= 4 is 11.3 Å². The van der Waals surface area contributed by atoms with Gasteiger partial charge < -0.3 is 10.4 Å². The fraction of sp³-hybridized carbons (Fsp3) is 0.727. The number of aromatic nitrogens is 1. The molecule has 3 nitrogen and oxygen atoms in total. The Balaban J connectivity index is 1.92. The van der Waals surface area contributed by atoms with E-state index in [1.807, 2.05) is 6.92 Å². The predicted octanol–water partition coefficient (Wildman–Crippen LogP) is 1.76. The fourth-order valence-electron chi connectivity index (χ4n) is 1.87. The second-order valence-corrected chi connectivity index (χ2v) is 5.68. The highest BCUT2D eigenvalue weighted by Crippen LogP contribution is 2.31. The number of aryl methyl sites for hydroxylation is 2. The zero-order valence-corrected chi connectivity index (χ0v) is 10.2. The minimum atomic E-state index is -0.00647. The molecule has 15 heavy (non-hydrogen) atoms. The zero-order valence-electron chi connectivity index (χ0n) is 9.34. The van der Waals surface area contributed by atoms with Crippen LogP contribution in [-0.4, -0.2) is 22.2 Å². The van der Waals surface area contributed by atoms with E-state index in [0.29, 0.717) is 0 Å². The Kier molecular flexibility index (Phi) is 3.09. The maximum atomic E-state index is 9.29. The number of nitrogens with one attached hydrogen (secondary N) is 1. The highest BCUT2D eigenvalue weighted by Gasteiger charge is 2.35. The van der Waals surface area contributed by atoms with E-state index in [-0.39, 0.29) is 12.1 Å². The van der Waals surface area contributed by atoms with Crippen molar-refractivity contribution in [3.8, 4) is 0 Å². The van der Waals surface area contributed by atoms with Gasteiger partial charge in [0, 0.05) is 17.0 Å². The molecule has 1 saturated carbocycles. The van der Waals surface area contributed by atoms with E-state index in [1.165, 1.54) is 11.3 Å². The summed E-state index contributed by atoms with van der Waals surface area (Å²) in [5, 5.41) is 13.9. The highest BCUT2D eigenvalue weighted by atomic mass is 32.1. The highest BCUT2D eigenvalue weighted by molar-refractivity contribution is 7.11. The Morgan fingerprint density at radius 2 is 2.20 bits per heavy atom. The summed E-state index contributed by atoms with van der Waals surface area (Å²) in [7, 11) is 0. The second kappa shape index (κ2) is 4.20. The molecule has 0 bridgehead atoms. The number of hydrogen-bond acceptors (Lipinski definition) is 4. The van der Waals surface area contributed by atoms with Crippen LogP contribution in [0.15, 0.2) is 0 Å². The minimum Gasteiger partial charge on any atom is -0.394 e. The summed E-state index contributed by atoms with van der Waals surface area (Å²) in [6, 6.07) is 0. The van der Waals surface area contributed by atoms with Crippen LogP contribution in [0.5, 0.6) is 0 Å². The van der Waals surface area contributed by atoms with Crippen LogP contribution >= 0.6 is 11.3 Å². The summed E-state index contributed by atoms with van der Waals surface area (Å²) in [6.45, 7) is 5.18. The van der Waals surface area contributed by atoms with Crippen molar-refractivity contribution in [1.82, 2.24) is 10.3 Å². The molecule has 0 radical (unpaired) electrons. The third-order valence-corrected chi connectivity index (χ3v) is 4.37. The summed E-state index contributed by atoms with van der Waals surface area (Å²) in [5.41, 5.74) is 1.12. The van der Waals surface area contributed by atoms with E-state index in [4.69, 9.17) is 0 Å². The first-order valence-corrected chi connectivity index (χ1v) is 6.26. The topological polar surface area (TPSA) is 45.2 Å². The maximum absolute atomic E-state index is 9.29. The standard InChI is InChI=1S/C11H18N2OS/c1-8-9(2)15-10(13-8)6-12-11(7-14)4-3-5-11/h12,14H,3-7H2,1-2H3. The van der Waals surface area contributed by atoms with Crippen molar-refractivity contribution in [2.45, 2.75) is 45.2 Å². The molecule has 0 aliphatic heterocycles. The van der Waals surface area contributed by atoms with Gasteiger partial charge in [-0.2, -0.15) is 0 Å². The summed E-state index contributed by atoms with van der Waals surface area (Å²) >= 11 is 1.74. The van der Waals surface area contributed by atoms with Crippen LogP contribution in [0.25, 0.3) is 0 Å². The van der Waals surface area contributed by atoms with Gasteiger partial charge in [-0.25, -0.2) is 4.98 Å². The first-order valence-electron chi connectivity index (χ1n) is 5.44. The van der Waals surface area contributed by atoms with Crippen LogP contribution in [0.4, 0.5) is 0 Å². The Morgan fingerprint density at radius 3 is 2.60 bits per heavy atom. The van der Waals surface area contributed by atoms with Gasteiger partial charge in [0.1, 0.15) is 5.01 Å². The Hall–Kier alpha value is -0.450. The van der Waals surface area contributed by atoms with Crippen LogP contribution in [0, 0.1) is 13.8 Å². The van der Waals surface area contributed by atoms with E-state index in [0.717, 1.165) is 30.1 Å². The van der Waals surface area contributed by atoms with Crippen molar-refractivity contribution in [2.75, 3.05) is 6.61 Å². The largest absolute Gasteiger partial charge is 0.394 e. The molecule has 0 unspecified atom stereocenters. The molecule has 4 heteroatoms. The van der Waals surface area contributed by atoms with Gasteiger partial charge in [-0.1, -0.05) is 0 Å². The van der Waals surface area contributed by atoms with E-state index in [1.54, 1.807) is 11.3 Å². The molecule has 1 aliphatic rings. The molecule has 2 rings (SSSR count). The summed E-state index contributed by atoms with van der Waals surface area (Å²) in [5.74, 6) is 0. The molecule has 1 aliphatic carbocycles. The molecule has 84 valence electrons. The molecule has 0 saturated heterocycles. The molecular formula is C11H18N2OS. The lowest BCUT2D eigenvalue weighted by Gasteiger charge is -2.41. The van der Waals surface area contributed by atoms with Gasteiger partial charge >= 0.3 is 0 Å². The number of rotatable bonds is 4. The Labute approximate surface area is 94.5 Å². The first kappa shape index (κ1) is 11.0. The van der Waals surface area contributed by atoms with E-state index < -0.39 is 0 Å². The zero-order chi connectivity index (χ0) is 10.9. The van der Waals surface area contributed by atoms with Crippen molar-refractivity contribution in [3.63, 3.8) is 0 Å². The van der Waals surface area contributed by atoms with Crippen molar-refractivity contribution in [2.24, 2.45) is 0 Å². The lowest BCUT2D eigenvalue weighted by Crippen LogP contribution is -2.53. The SMILES string of the molecule is Cc1nc(CNC2(CO)CCC2)sc1C. The van der Waals surface area contributed by atoms with Crippen LogP contribution in [0.1, 0.15) is 34.8 Å². The van der Waals surface area contributed by atoms with Gasteiger partial charge in [-0.3, -0.25) is 0 Å². The van der Waals surface area contributed by atoms with Crippen LogP contribution in [0.2, 0.25) is 0 Å². The molecule has 0 atom stereocenters. The molecule has 1 fully saturated rings. The third-order valence-electron chi connectivity index (χ3n) is 3.30. The average Bonchev–Trinajstić information content (AvgIpc) is 2.45. The molecule has 1 heterocycles. The molecule has 0 aromatic carbocycles. The average molecular weight is 226 g/mol.